The first-order chi connectivity index (χ1) is 30.6. The Morgan fingerprint density at radius 1 is 0.714 bits per heavy atom. The van der Waals surface area contributed by atoms with Gasteiger partial charge in [0, 0.05) is 55.0 Å². The van der Waals surface area contributed by atoms with Crippen LogP contribution in [-0.4, -0.2) is 117 Å². The summed E-state index contributed by atoms with van der Waals surface area (Å²) in [5.41, 5.74) is 4.89. The molecule has 3 aromatic carbocycles. The lowest BCUT2D eigenvalue weighted by Crippen LogP contribution is -2.54. The lowest BCUT2D eigenvalue weighted by Gasteiger charge is -2.36. The smallest absolute Gasteiger partial charge is 0.407 e. The Morgan fingerprint density at radius 2 is 1.27 bits per heavy atom. The molecule has 16 nitrogen and oxygen atoms in total. The number of hydrogen-bond acceptors (Lipinski definition) is 9. The van der Waals surface area contributed by atoms with Gasteiger partial charge in [-0.05, 0) is 119 Å². The maximum absolute atomic E-state index is 14.2. The molecular weight excluding hydrogens is 805 g/mol. The summed E-state index contributed by atoms with van der Waals surface area (Å²) in [4.78, 5) is 73.2. The molecule has 4 fully saturated rings. The van der Waals surface area contributed by atoms with Crippen LogP contribution in [0.1, 0.15) is 100 Å². The molecule has 0 unspecified atom stereocenters. The highest BCUT2D eigenvalue weighted by Crippen LogP contribution is 2.39. The number of nitrogens with one attached hydrogen (secondary N) is 4. The molecule has 4 aliphatic heterocycles. The first-order valence-electron chi connectivity index (χ1n) is 22.1. The molecule has 4 aliphatic rings. The first kappa shape index (κ1) is 42.1. The molecule has 330 valence electrons. The van der Waals surface area contributed by atoms with Crippen molar-refractivity contribution in [1.29, 1.82) is 0 Å². The minimum Gasteiger partial charge on any atom is -0.465 e. The number of hydrogen-bond donors (Lipinski definition) is 5. The van der Waals surface area contributed by atoms with Crippen molar-refractivity contribution < 1.29 is 38.5 Å². The zero-order chi connectivity index (χ0) is 43.8. The van der Waals surface area contributed by atoms with Crippen LogP contribution in [0.5, 0.6) is 0 Å². The summed E-state index contributed by atoms with van der Waals surface area (Å²) in [6.45, 7) is 6.15. The molecule has 0 bridgehead atoms. The number of H-pyrrole nitrogens is 2. The van der Waals surface area contributed by atoms with Crippen LogP contribution in [0.3, 0.4) is 0 Å². The van der Waals surface area contributed by atoms with Crippen molar-refractivity contribution in [1.82, 2.24) is 40.4 Å². The average molecular weight is 859 g/mol. The summed E-state index contributed by atoms with van der Waals surface area (Å²) in [5.74, 6) is 7.49. The molecule has 0 spiro atoms. The van der Waals surface area contributed by atoms with E-state index in [9.17, 15) is 24.3 Å². The maximum Gasteiger partial charge on any atom is 0.407 e. The van der Waals surface area contributed by atoms with Crippen molar-refractivity contribution in [2.45, 2.75) is 101 Å². The summed E-state index contributed by atoms with van der Waals surface area (Å²) in [6, 6.07) is 13.7. The Hall–Kier alpha value is -6.18. The fourth-order valence-electron chi connectivity index (χ4n) is 10.2. The van der Waals surface area contributed by atoms with Crippen LogP contribution >= 0.6 is 0 Å². The molecule has 2 aromatic heterocycles. The number of aromatic nitrogens is 4. The second kappa shape index (κ2) is 17.9. The van der Waals surface area contributed by atoms with Crippen LogP contribution in [-0.2, 0) is 23.8 Å². The van der Waals surface area contributed by atoms with Crippen molar-refractivity contribution in [3.63, 3.8) is 0 Å². The molecule has 6 heterocycles. The van der Waals surface area contributed by atoms with Gasteiger partial charge in [0.2, 0.25) is 11.8 Å². The van der Waals surface area contributed by atoms with Crippen molar-refractivity contribution in [3.8, 4) is 11.8 Å². The second-order valence-electron chi connectivity index (χ2n) is 17.4. The highest BCUT2D eigenvalue weighted by Gasteiger charge is 2.44. The summed E-state index contributed by atoms with van der Waals surface area (Å²) >= 11 is 0. The zero-order valence-electron chi connectivity index (χ0n) is 35.8. The van der Waals surface area contributed by atoms with E-state index in [1.807, 2.05) is 72.2 Å². The number of amides is 4. The van der Waals surface area contributed by atoms with Crippen molar-refractivity contribution in [2.24, 2.45) is 11.8 Å². The van der Waals surface area contributed by atoms with Crippen molar-refractivity contribution in [2.75, 3.05) is 33.5 Å². The standard InChI is InChI=1S/C47H54N8O8/c1-26-4-14-37(54(26)45(57)40(53-47(60)61-3)31-18-22-63-23-19-31)42-48-34-12-9-29(25-36(34)50-42)7-6-28-8-11-33-32(24-28)10-13-35-41(33)51-43(49-35)38-15-5-27(2)55(38)44(56)39(52-46(58)59)30-16-20-62-21-17-30/h8-13,24-27,30-31,37-40,52H,4-5,14-23H2,1-3H3,(H,48,50)(H,49,51)(H,53,60)(H,58,59)/t26-,27-,37-,38-,39-,40-/m0/s1. The van der Waals surface area contributed by atoms with E-state index >= 15 is 0 Å². The largest absolute Gasteiger partial charge is 0.465 e. The maximum atomic E-state index is 14.2. The highest BCUT2D eigenvalue weighted by molar-refractivity contribution is 6.04. The Balaban J connectivity index is 0.929. The minimum atomic E-state index is -1.21. The zero-order valence-corrected chi connectivity index (χ0v) is 35.8. The van der Waals surface area contributed by atoms with E-state index in [0.29, 0.717) is 63.8 Å². The van der Waals surface area contributed by atoms with Crippen LogP contribution in [0.4, 0.5) is 9.59 Å². The summed E-state index contributed by atoms with van der Waals surface area (Å²) in [5, 5.41) is 17.0. The third-order valence-corrected chi connectivity index (χ3v) is 13.6. The van der Waals surface area contributed by atoms with Gasteiger partial charge in [-0.25, -0.2) is 19.6 Å². The summed E-state index contributed by atoms with van der Waals surface area (Å²) in [6.07, 6.45) is 3.82. The molecule has 4 saturated heterocycles. The highest BCUT2D eigenvalue weighted by atomic mass is 16.5. The number of methoxy groups -OCH3 is 1. The van der Waals surface area contributed by atoms with Crippen molar-refractivity contribution >= 4 is 56.8 Å². The number of alkyl carbamates (subject to hydrolysis) is 1. The van der Waals surface area contributed by atoms with E-state index in [1.54, 1.807) is 0 Å². The van der Waals surface area contributed by atoms with Gasteiger partial charge in [0.15, 0.2) is 0 Å². The van der Waals surface area contributed by atoms with Gasteiger partial charge in [-0.15, -0.1) is 0 Å². The quantitative estimate of drug-likeness (QED) is 0.110. The van der Waals surface area contributed by atoms with Gasteiger partial charge in [-0.1, -0.05) is 24.0 Å². The fraction of sp³-hybridized carbons (Fsp3) is 0.489. The Labute approximate surface area is 364 Å². The van der Waals surface area contributed by atoms with Gasteiger partial charge in [-0.3, -0.25) is 9.59 Å². The van der Waals surface area contributed by atoms with Gasteiger partial charge in [0.1, 0.15) is 23.7 Å². The number of carbonyl (C=O) groups is 4. The van der Waals surface area contributed by atoms with Gasteiger partial charge >= 0.3 is 12.2 Å². The summed E-state index contributed by atoms with van der Waals surface area (Å²) < 4.78 is 15.9. The number of carboxylic acid groups (broad SMARTS) is 1. The van der Waals surface area contributed by atoms with E-state index in [-0.39, 0.29) is 47.8 Å². The van der Waals surface area contributed by atoms with E-state index in [1.165, 1.54) is 7.11 Å². The SMILES string of the molecule is COC(=O)N[C@H](C(=O)N1[C@@H](C)CC[C@H]1c1nc2cc(C#Cc3ccc4c(ccc5nc([C@@H]6CC[C@H](C)N6C(=O)[C@@H](NC(=O)O)C6CCOCC6)[nH]c54)c3)ccc2[nH]1)C1CCOCC1. The lowest BCUT2D eigenvalue weighted by molar-refractivity contribution is -0.139. The molecule has 5 aromatic rings. The number of rotatable bonds is 8. The first-order valence-corrected chi connectivity index (χ1v) is 22.1. The van der Waals surface area contributed by atoms with Crippen molar-refractivity contribution in [3.05, 3.63) is 71.3 Å². The number of benzene rings is 3. The predicted molar refractivity (Wildman–Crippen MR) is 234 cm³/mol. The number of aromatic amines is 2. The molecule has 0 radical (unpaired) electrons. The molecular formula is C47H54N8O8. The average Bonchev–Trinajstić information content (AvgIpc) is 4.11. The Morgan fingerprint density at radius 3 is 1.87 bits per heavy atom. The number of ether oxygens (including phenoxy) is 3. The molecule has 4 amide bonds. The number of imidazole rings is 2. The lowest BCUT2D eigenvalue weighted by atomic mass is 9.90. The Bertz CT molecular complexity index is 2600. The molecule has 5 N–H and O–H groups in total. The molecule has 6 atom stereocenters. The normalized spacial score (nSPS) is 23.1. The van der Waals surface area contributed by atoms with Gasteiger partial charge in [0.05, 0.1) is 41.3 Å². The van der Waals surface area contributed by atoms with Gasteiger partial charge < -0.3 is 49.7 Å². The molecule has 16 heteroatoms. The summed E-state index contributed by atoms with van der Waals surface area (Å²) in [7, 11) is 1.30. The topological polar surface area (TPSA) is 204 Å². The third kappa shape index (κ3) is 8.51. The molecule has 63 heavy (non-hydrogen) atoms. The van der Waals surface area contributed by atoms with Crippen LogP contribution in [0.25, 0.3) is 32.8 Å². The monoisotopic (exact) mass is 858 g/mol. The van der Waals surface area contributed by atoms with Gasteiger partial charge in [-0.2, -0.15) is 0 Å². The molecule has 0 saturated carbocycles. The van der Waals surface area contributed by atoms with E-state index in [4.69, 9.17) is 24.2 Å². The van der Waals surface area contributed by atoms with Crippen LogP contribution in [0.2, 0.25) is 0 Å². The fourth-order valence-corrected chi connectivity index (χ4v) is 10.2. The number of carbonyl (C=O) groups excluding carboxylic acids is 3. The minimum absolute atomic E-state index is 0.0329. The van der Waals surface area contributed by atoms with Crippen LogP contribution in [0, 0.1) is 23.7 Å². The van der Waals surface area contributed by atoms with E-state index < -0.39 is 24.3 Å². The Kier molecular flexibility index (Phi) is 12.0. The second-order valence-corrected chi connectivity index (χ2v) is 17.4. The van der Waals surface area contributed by atoms with Crippen LogP contribution in [0.15, 0.2) is 48.5 Å². The molecule has 9 rings (SSSR count). The predicted octanol–water partition coefficient (Wildman–Crippen LogP) is 6.31. The number of nitrogens with zero attached hydrogens (tertiary/aromatic N) is 4. The number of fused-ring (bicyclic) bond motifs is 4. The van der Waals surface area contributed by atoms with Crippen LogP contribution < -0.4 is 10.6 Å². The number of likely N-dealkylation sites (tertiary alicyclic amines) is 2. The van der Waals surface area contributed by atoms with Gasteiger partial charge in [0.25, 0.3) is 0 Å². The third-order valence-electron chi connectivity index (χ3n) is 13.6. The molecule has 0 aliphatic carbocycles. The van der Waals surface area contributed by atoms with E-state index in [0.717, 1.165) is 69.6 Å². The van der Waals surface area contributed by atoms with E-state index in [2.05, 4.69) is 32.4 Å².